The molecule has 0 radical (unpaired) electrons. The molecule has 0 saturated carbocycles. The fraction of sp³-hybridized carbons (Fsp3) is 0. The van der Waals surface area contributed by atoms with Gasteiger partial charge in [-0.25, -0.2) is 9.79 Å². The maximum absolute atomic E-state index is 12.5. The molecule has 0 unspecified atom stereocenters. The summed E-state index contributed by atoms with van der Waals surface area (Å²) in [6.45, 7) is 0. The molecule has 0 amide bonds. The van der Waals surface area contributed by atoms with Gasteiger partial charge in [-0.2, -0.15) is 0 Å². The van der Waals surface area contributed by atoms with Gasteiger partial charge in [-0.15, -0.1) is 0 Å². The quantitative estimate of drug-likeness (QED) is 0.242. The largest absolute Gasteiger partial charge is 0.402 e. The lowest BCUT2D eigenvalue weighted by molar-refractivity contribution is -0.129. The average molecular weight is 384 g/mol. The summed E-state index contributed by atoms with van der Waals surface area (Å²) in [4.78, 5) is 16.9. The molecule has 1 aliphatic rings. The fourth-order valence-electron chi connectivity index (χ4n) is 3.47. The van der Waals surface area contributed by atoms with E-state index in [0.717, 1.165) is 27.1 Å². The Kier molecular flexibility index (Phi) is 3.96. The average Bonchev–Trinajstić information content (AvgIpc) is 3.08. The number of fused-ring (bicyclic) bond motifs is 2. The molecule has 0 spiro atoms. The van der Waals surface area contributed by atoms with Crippen LogP contribution in [0.4, 0.5) is 0 Å². The van der Waals surface area contributed by atoms with Crippen molar-refractivity contribution in [1.29, 1.82) is 0 Å². The van der Waals surface area contributed by atoms with Crippen molar-refractivity contribution in [3.63, 3.8) is 0 Å². The van der Waals surface area contributed by atoms with Crippen molar-refractivity contribution in [2.75, 3.05) is 0 Å². The minimum absolute atomic E-state index is 0.284. The number of benzene rings is 4. The molecular weight excluding hydrogens is 370 g/mol. The van der Waals surface area contributed by atoms with Gasteiger partial charge in [0.05, 0.1) is 0 Å². The number of carbonyl (C=O) groups is 1. The van der Waals surface area contributed by atoms with E-state index in [0.29, 0.717) is 10.6 Å². The first-order valence-corrected chi connectivity index (χ1v) is 9.26. The summed E-state index contributed by atoms with van der Waals surface area (Å²) in [5.74, 6) is -0.167. The van der Waals surface area contributed by atoms with E-state index in [1.165, 1.54) is 0 Å². The van der Waals surface area contributed by atoms with Gasteiger partial charge in [0.1, 0.15) is 0 Å². The van der Waals surface area contributed by atoms with Gasteiger partial charge in [0.15, 0.2) is 5.70 Å². The topological polar surface area (TPSA) is 38.7 Å². The number of carbonyl (C=O) groups excluding carboxylic acids is 1. The van der Waals surface area contributed by atoms with Gasteiger partial charge < -0.3 is 4.74 Å². The smallest absolute Gasteiger partial charge is 0.363 e. The van der Waals surface area contributed by atoms with Crippen LogP contribution in [0.15, 0.2) is 89.6 Å². The maximum atomic E-state index is 12.5. The number of hydrogen-bond acceptors (Lipinski definition) is 3. The predicted molar refractivity (Wildman–Crippen MR) is 114 cm³/mol. The van der Waals surface area contributed by atoms with Crippen LogP contribution in [0.25, 0.3) is 27.6 Å². The Hall–Kier alpha value is -3.43. The minimum atomic E-state index is -0.457. The monoisotopic (exact) mass is 383 g/mol. The van der Waals surface area contributed by atoms with Gasteiger partial charge >= 0.3 is 5.97 Å². The van der Waals surface area contributed by atoms with Crippen molar-refractivity contribution in [2.45, 2.75) is 0 Å². The van der Waals surface area contributed by atoms with E-state index in [9.17, 15) is 4.79 Å². The molecule has 0 fully saturated rings. The van der Waals surface area contributed by atoms with Gasteiger partial charge in [0, 0.05) is 10.6 Å². The Morgan fingerprint density at radius 3 is 2.07 bits per heavy atom. The van der Waals surface area contributed by atoms with Crippen molar-refractivity contribution in [3.8, 4) is 0 Å². The zero-order chi connectivity index (χ0) is 19.1. The summed E-state index contributed by atoms with van der Waals surface area (Å²) in [5.41, 5.74) is 1.96. The minimum Gasteiger partial charge on any atom is -0.402 e. The molecule has 4 heteroatoms. The van der Waals surface area contributed by atoms with Gasteiger partial charge in [0.2, 0.25) is 5.90 Å². The van der Waals surface area contributed by atoms with Gasteiger partial charge in [-0.3, -0.25) is 0 Å². The molecule has 0 aromatic heterocycles. The number of nitrogens with zero attached hydrogens (tertiary/aromatic N) is 1. The summed E-state index contributed by atoms with van der Waals surface area (Å²) in [6, 6.07) is 25.5. The molecule has 5 rings (SSSR count). The molecule has 1 aliphatic heterocycles. The molecule has 3 nitrogen and oxygen atoms in total. The molecule has 0 saturated heterocycles. The van der Waals surface area contributed by atoms with E-state index in [-0.39, 0.29) is 11.6 Å². The second-order valence-electron chi connectivity index (χ2n) is 6.58. The maximum Gasteiger partial charge on any atom is 0.363 e. The summed E-state index contributed by atoms with van der Waals surface area (Å²) in [6.07, 6.45) is 1.82. The SMILES string of the molecule is O=C1OC(c2ccc(Cl)cc2)=NC1=Cc1c2ccccc2cc2ccccc12. The van der Waals surface area contributed by atoms with Crippen molar-refractivity contribution < 1.29 is 9.53 Å². The van der Waals surface area contributed by atoms with Crippen LogP contribution < -0.4 is 0 Å². The zero-order valence-corrected chi connectivity index (χ0v) is 15.5. The van der Waals surface area contributed by atoms with Crippen molar-refractivity contribution in [2.24, 2.45) is 4.99 Å². The number of rotatable bonds is 2. The number of aliphatic imine (C=N–C) groups is 1. The van der Waals surface area contributed by atoms with Crippen LogP contribution in [0, 0.1) is 0 Å². The van der Waals surface area contributed by atoms with Crippen LogP contribution in [0.2, 0.25) is 5.02 Å². The van der Waals surface area contributed by atoms with Gasteiger partial charge in [-0.1, -0.05) is 60.1 Å². The molecule has 0 atom stereocenters. The summed E-state index contributed by atoms with van der Waals surface area (Å²) >= 11 is 5.93. The third-order valence-electron chi connectivity index (χ3n) is 4.81. The highest BCUT2D eigenvalue weighted by molar-refractivity contribution is 6.30. The summed E-state index contributed by atoms with van der Waals surface area (Å²) in [5, 5.41) is 4.97. The standard InChI is InChI=1S/C24H14ClNO2/c25-18-11-9-15(10-12-18)23-26-22(24(27)28-23)14-21-19-7-3-1-5-16(19)13-17-6-2-4-8-20(17)21/h1-14H. The lowest BCUT2D eigenvalue weighted by Crippen LogP contribution is -2.05. The molecule has 28 heavy (non-hydrogen) atoms. The van der Waals surface area contributed by atoms with E-state index in [1.54, 1.807) is 24.3 Å². The molecule has 134 valence electrons. The fourth-order valence-corrected chi connectivity index (χ4v) is 3.59. The lowest BCUT2D eigenvalue weighted by Gasteiger charge is -2.08. The lowest BCUT2D eigenvalue weighted by atomic mass is 9.96. The Labute approximate surface area is 166 Å². The third-order valence-corrected chi connectivity index (χ3v) is 5.06. The molecule has 4 aromatic rings. The number of hydrogen-bond donors (Lipinski definition) is 0. The van der Waals surface area contributed by atoms with Crippen LogP contribution in [0.1, 0.15) is 11.1 Å². The zero-order valence-electron chi connectivity index (χ0n) is 14.7. The summed E-state index contributed by atoms with van der Waals surface area (Å²) < 4.78 is 5.40. The molecule has 0 N–H and O–H groups in total. The highest BCUT2D eigenvalue weighted by Gasteiger charge is 2.24. The van der Waals surface area contributed by atoms with E-state index in [1.807, 2.05) is 30.3 Å². The van der Waals surface area contributed by atoms with E-state index < -0.39 is 5.97 Å². The van der Waals surface area contributed by atoms with Gasteiger partial charge in [0.25, 0.3) is 0 Å². The predicted octanol–water partition coefficient (Wildman–Crippen LogP) is 5.99. The highest BCUT2D eigenvalue weighted by atomic mass is 35.5. The first-order valence-electron chi connectivity index (χ1n) is 8.88. The number of halogens is 1. The second-order valence-corrected chi connectivity index (χ2v) is 7.01. The molecule has 1 heterocycles. The van der Waals surface area contributed by atoms with Crippen LogP contribution >= 0.6 is 11.6 Å². The Balaban J connectivity index is 1.70. The van der Waals surface area contributed by atoms with E-state index >= 15 is 0 Å². The van der Waals surface area contributed by atoms with Crippen LogP contribution in [-0.2, 0) is 9.53 Å². The number of esters is 1. The first-order chi connectivity index (χ1) is 13.7. The van der Waals surface area contributed by atoms with Crippen LogP contribution in [0.5, 0.6) is 0 Å². The molecule has 4 aromatic carbocycles. The third kappa shape index (κ3) is 2.86. The highest BCUT2D eigenvalue weighted by Crippen LogP contribution is 2.31. The van der Waals surface area contributed by atoms with Crippen LogP contribution in [-0.4, -0.2) is 11.9 Å². The summed E-state index contributed by atoms with van der Waals surface area (Å²) in [7, 11) is 0. The molecular formula is C24H14ClNO2. The Morgan fingerprint density at radius 2 is 1.43 bits per heavy atom. The van der Waals surface area contributed by atoms with Crippen LogP contribution in [0.3, 0.4) is 0 Å². The van der Waals surface area contributed by atoms with E-state index in [2.05, 4.69) is 35.3 Å². The molecule has 0 aliphatic carbocycles. The first kappa shape index (κ1) is 16.7. The van der Waals surface area contributed by atoms with Gasteiger partial charge in [-0.05, 0) is 63.5 Å². The number of ether oxygens (including phenoxy) is 1. The Morgan fingerprint density at radius 1 is 0.821 bits per heavy atom. The second kappa shape index (κ2) is 6.63. The van der Waals surface area contributed by atoms with Crippen molar-refractivity contribution >= 4 is 51.1 Å². The molecule has 0 bridgehead atoms. The van der Waals surface area contributed by atoms with Crippen molar-refractivity contribution in [3.05, 3.63) is 101 Å². The number of cyclic esters (lactones) is 1. The van der Waals surface area contributed by atoms with E-state index in [4.69, 9.17) is 16.3 Å². The Bertz CT molecular complexity index is 1250. The van der Waals surface area contributed by atoms with Crippen molar-refractivity contribution in [1.82, 2.24) is 0 Å². The normalized spacial score (nSPS) is 15.2.